The number of para-hydroxylation sites is 1. The molecular weight excluding hydrogens is 481 g/mol. The molecule has 2 amide bonds. The van der Waals surface area contributed by atoms with Gasteiger partial charge in [0.05, 0.1) is 12.5 Å². The minimum Gasteiger partial charge on any atom is -0.481 e. The molecular formula is C25H25F3N2O4S. The van der Waals surface area contributed by atoms with Crippen molar-refractivity contribution in [3.05, 3.63) is 59.7 Å². The number of thioether (sulfide) groups is 1. The van der Waals surface area contributed by atoms with E-state index in [0.29, 0.717) is 17.8 Å². The van der Waals surface area contributed by atoms with Gasteiger partial charge in [-0.25, -0.2) is 0 Å². The highest BCUT2D eigenvalue weighted by Crippen LogP contribution is 2.52. The van der Waals surface area contributed by atoms with Crippen LogP contribution in [0.2, 0.25) is 0 Å². The van der Waals surface area contributed by atoms with Crippen molar-refractivity contribution in [2.45, 2.75) is 55.1 Å². The normalized spacial score (nSPS) is 20.9. The molecule has 6 nitrogen and oxygen atoms in total. The lowest BCUT2D eigenvalue weighted by Crippen LogP contribution is -2.58. The van der Waals surface area contributed by atoms with Crippen LogP contribution in [-0.2, 0) is 9.59 Å². The minimum atomic E-state index is -4.40. The number of hydrogen-bond donors (Lipinski definition) is 1. The molecule has 35 heavy (non-hydrogen) atoms. The summed E-state index contributed by atoms with van der Waals surface area (Å²) in [6.45, 7) is 2.26. The largest absolute Gasteiger partial charge is 0.481 e. The van der Waals surface area contributed by atoms with Crippen molar-refractivity contribution in [1.82, 2.24) is 4.90 Å². The van der Waals surface area contributed by atoms with E-state index in [1.54, 1.807) is 15.9 Å². The molecule has 0 bridgehead atoms. The molecule has 4 rings (SSSR count). The number of carbonyl (C=O) groups is 3. The molecule has 0 aromatic heterocycles. The molecule has 186 valence electrons. The molecule has 2 aromatic rings. The highest BCUT2D eigenvalue weighted by Gasteiger charge is 2.50. The topological polar surface area (TPSA) is 77.9 Å². The van der Waals surface area contributed by atoms with Crippen LogP contribution in [0.3, 0.4) is 0 Å². The van der Waals surface area contributed by atoms with E-state index in [-0.39, 0.29) is 59.3 Å². The molecule has 1 fully saturated rings. The SMILES string of the molecule is CCN(C(=O)CCC(=O)O)[C@H]1c2ccccc2N(C(=O)c2ccc(SC(F)(F)F)cc2)[C@H]2CC[C@@H]12. The van der Waals surface area contributed by atoms with E-state index in [0.717, 1.165) is 18.4 Å². The van der Waals surface area contributed by atoms with E-state index in [4.69, 9.17) is 5.11 Å². The number of fused-ring (bicyclic) bond motifs is 2. The Kier molecular flexibility index (Phi) is 7.12. The molecule has 1 heterocycles. The molecule has 10 heteroatoms. The lowest BCUT2D eigenvalue weighted by atomic mass is 9.67. The van der Waals surface area contributed by atoms with E-state index in [1.165, 1.54) is 24.3 Å². The number of nitrogens with zero attached hydrogens (tertiary/aromatic N) is 2. The summed E-state index contributed by atoms with van der Waals surface area (Å²) >= 11 is -0.227. The Morgan fingerprint density at radius 2 is 1.74 bits per heavy atom. The quantitative estimate of drug-likeness (QED) is 0.503. The predicted octanol–water partition coefficient (Wildman–Crippen LogP) is 5.49. The molecule has 0 radical (unpaired) electrons. The van der Waals surface area contributed by atoms with Crippen LogP contribution in [0.4, 0.5) is 18.9 Å². The first-order valence-electron chi connectivity index (χ1n) is 11.4. The van der Waals surface area contributed by atoms with Crippen LogP contribution in [0.5, 0.6) is 0 Å². The van der Waals surface area contributed by atoms with E-state index >= 15 is 0 Å². The predicted molar refractivity (Wildman–Crippen MR) is 125 cm³/mol. The molecule has 0 unspecified atom stereocenters. The van der Waals surface area contributed by atoms with Gasteiger partial charge < -0.3 is 14.9 Å². The van der Waals surface area contributed by atoms with Gasteiger partial charge in [0, 0.05) is 41.1 Å². The Labute approximate surface area is 205 Å². The lowest BCUT2D eigenvalue weighted by molar-refractivity contribution is -0.142. The maximum Gasteiger partial charge on any atom is 0.446 e. The Balaban J connectivity index is 1.65. The van der Waals surface area contributed by atoms with Crippen LogP contribution in [-0.4, -0.2) is 45.9 Å². The third-order valence-electron chi connectivity index (χ3n) is 6.65. The fourth-order valence-corrected chi connectivity index (χ4v) is 5.59. The summed E-state index contributed by atoms with van der Waals surface area (Å²) in [7, 11) is 0. The van der Waals surface area contributed by atoms with Gasteiger partial charge >= 0.3 is 11.5 Å². The molecule has 2 aromatic carbocycles. The summed E-state index contributed by atoms with van der Waals surface area (Å²) < 4.78 is 38.0. The fraction of sp³-hybridized carbons (Fsp3) is 0.400. The van der Waals surface area contributed by atoms with E-state index < -0.39 is 11.5 Å². The highest BCUT2D eigenvalue weighted by atomic mass is 32.2. The zero-order valence-electron chi connectivity index (χ0n) is 19.0. The number of aliphatic carboxylic acids is 1. The van der Waals surface area contributed by atoms with Crippen LogP contribution < -0.4 is 4.90 Å². The third-order valence-corrected chi connectivity index (χ3v) is 7.38. The first-order chi connectivity index (χ1) is 16.6. The van der Waals surface area contributed by atoms with Gasteiger partial charge in [-0.05, 0) is 67.4 Å². The highest BCUT2D eigenvalue weighted by molar-refractivity contribution is 8.00. The van der Waals surface area contributed by atoms with Gasteiger partial charge in [0.25, 0.3) is 5.91 Å². The molecule has 1 aliphatic heterocycles. The Morgan fingerprint density at radius 1 is 1.06 bits per heavy atom. The minimum absolute atomic E-state index is 0.00754. The number of hydrogen-bond acceptors (Lipinski definition) is 4. The number of amides is 2. The summed E-state index contributed by atoms with van der Waals surface area (Å²) in [5.41, 5.74) is -2.63. The maximum atomic E-state index is 13.6. The molecule has 1 saturated carbocycles. The second-order valence-corrected chi connectivity index (χ2v) is 9.77. The first-order valence-corrected chi connectivity index (χ1v) is 12.2. The van der Waals surface area contributed by atoms with Gasteiger partial charge in [-0.3, -0.25) is 14.4 Å². The van der Waals surface area contributed by atoms with Crippen LogP contribution in [0, 0.1) is 5.92 Å². The van der Waals surface area contributed by atoms with Crippen LogP contribution in [0.25, 0.3) is 0 Å². The Bertz CT molecular complexity index is 1120. The van der Waals surface area contributed by atoms with Gasteiger partial charge in [0.2, 0.25) is 5.91 Å². The number of carboxylic acid groups (broad SMARTS) is 1. The van der Waals surface area contributed by atoms with Gasteiger partial charge in [0.1, 0.15) is 0 Å². The van der Waals surface area contributed by atoms with E-state index in [9.17, 15) is 27.6 Å². The van der Waals surface area contributed by atoms with Crippen LogP contribution >= 0.6 is 11.8 Å². The third kappa shape index (κ3) is 5.17. The zero-order chi connectivity index (χ0) is 25.3. The molecule has 0 spiro atoms. The number of carboxylic acids is 1. The summed E-state index contributed by atoms with van der Waals surface area (Å²) in [4.78, 5) is 40.9. The van der Waals surface area contributed by atoms with Crippen molar-refractivity contribution in [3.63, 3.8) is 0 Å². The summed E-state index contributed by atoms with van der Waals surface area (Å²) in [6.07, 6.45) is 1.20. The van der Waals surface area contributed by atoms with Crippen molar-refractivity contribution in [1.29, 1.82) is 0 Å². The average molecular weight is 507 g/mol. The number of anilines is 1. The van der Waals surface area contributed by atoms with Crippen molar-refractivity contribution in [2.24, 2.45) is 5.92 Å². The second-order valence-electron chi connectivity index (χ2n) is 8.63. The smallest absolute Gasteiger partial charge is 0.446 e. The van der Waals surface area contributed by atoms with E-state index in [1.807, 2.05) is 25.1 Å². The molecule has 3 atom stereocenters. The first kappa shape index (κ1) is 25.1. The maximum absolute atomic E-state index is 13.6. The lowest BCUT2D eigenvalue weighted by Gasteiger charge is -2.55. The second kappa shape index (κ2) is 9.93. The van der Waals surface area contributed by atoms with Gasteiger partial charge in [-0.2, -0.15) is 13.2 Å². The van der Waals surface area contributed by atoms with Gasteiger partial charge in [0.15, 0.2) is 0 Å². The Hall–Kier alpha value is -3.01. The van der Waals surface area contributed by atoms with Gasteiger partial charge in [-0.1, -0.05) is 18.2 Å². The number of alkyl halides is 3. The fourth-order valence-electron chi connectivity index (χ4n) is 5.05. The molecule has 1 aliphatic carbocycles. The number of rotatable bonds is 7. The number of carbonyl (C=O) groups excluding carboxylic acids is 2. The average Bonchev–Trinajstić information content (AvgIpc) is 2.78. The monoisotopic (exact) mass is 506 g/mol. The van der Waals surface area contributed by atoms with Crippen LogP contribution in [0.1, 0.15) is 54.6 Å². The van der Waals surface area contributed by atoms with Crippen molar-refractivity contribution in [3.8, 4) is 0 Å². The molecule has 0 saturated heterocycles. The van der Waals surface area contributed by atoms with Gasteiger partial charge in [-0.15, -0.1) is 0 Å². The molecule has 1 N–H and O–H groups in total. The number of halogens is 3. The molecule has 2 aliphatic rings. The standard InChI is InChI=1S/C25H25F3N2O4S/c1-2-29(21(31)13-14-22(32)33)23-17-5-3-4-6-19(17)30(20-12-11-18(20)23)24(34)15-7-9-16(10-8-15)35-25(26,27)28/h3-10,18,20,23H,2,11-14H2,1H3,(H,32,33)/t18-,20+,23+/m1/s1. The van der Waals surface area contributed by atoms with Crippen LogP contribution in [0.15, 0.2) is 53.4 Å². The Morgan fingerprint density at radius 3 is 2.31 bits per heavy atom. The van der Waals surface area contributed by atoms with Crippen molar-refractivity contribution in [2.75, 3.05) is 11.4 Å². The number of benzene rings is 2. The van der Waals surface area contributed by atoms with E-state index in [2.05, 4.69) is 0 Å². The van der Waals surface area contributed by atoms with Crippen molar-refractivity contribution < 1.29 is 32.7 Å². The summed E-state index contributed by atoms with van der Waals surface area (Å²) in [6, 6.07) is 12.3. The summed E-state index contributed by atoms with van der Waals surface area (Å²) in [5.74, 6) is -1.58. The zero-order valence-corrected chi connectivity index (χ0v) is 19.8. The van der Waals surface area contributed by atoms with Crippen molar-refractivity contribution >= 4 is 35.2 Å². The summed E-state index contributed by atoms with van der Waals surface area (Å²) in [5, 5.41) is 9.00.